The number of allylic oxidation sites excluding steroid dienone is 6. The molecule has 0 bridgehead atoms. The molecular formula is C75H143NO5. The van der Waals surface area contributed by atoms with Gasteiger partial charge in [0.1, 0.15) is 0 Å². The molecule has 0 aromatic heterocycles. The Bertz CT molecular complexity index is 1310. The van der Waals surface area contributed by atoms with Crippen LogP contribution in [0, 0.1) is 0 Å². The molecule has 0 spiro atoms. The van der Waals surface area contributed by atoms with E-state index in [2.05, 4.69) is 55.6 Å². The van der Waals surface area contributed by atoms with Crippen LogP contribution in [-0.2, 0) is 14.3 Å². The van der Waals surface area contributed by atoms with Crippen LogP contribution in [-0.4, -0.2) is 47.4 Å². The van der Waals surface area contributed by atoms with Gasteiger partial charge in [-0.05, 0) is 83.5 Å². The molecule has 0 radical (unpaired) electrons. The average Bonchev–Trinajstić information content (AvgIpc) is 3.47. The predicted molar refractivity (Wildman–Crippen MR) is 356 cm³/mol. The number of hydrogen-bond donors (Lipinski definition) is 3. The first-order valence-corrected chi connectivity index (χ1v) is 36.7. The second-order valence-electron chi connectivity index (χ2n) is 25.3. The van der Waals surface area contributed by atoms with Crippen molar-refractivity contribution >= 4 is 11.9 Å². The molecule has 6 nitrogen and oxygen atoms in total. The minimum atomic E-state index is -0.670. The third-order valence-corrected chi connectivity index (χ3v) is 17.2. The van der Waals surface area contributed by atoms with Gasteiger partial charge in [0.05, 0.1) is 25.4 Å². The van der Waals surface area contributed by atoms with Crippen LogP contribution in [0.4, 0.5) is 0 Å². The molecule has 0 aromatic carbocycles. The van der Waals surface area contributed by atoms with Crippen molar-refractivity contribution in [3.8, 4) is 0 Å². The van der Waals surface area contributed by atoms with Gasteiger partial charge < -0.3 is 20.3 Å². The Morgan fingerprint density at radius 2 is 0.617 bits per heavy atom. The number of unbranched alkanes of at least 4 members (excludes halogenated alkanes) is 52. The molecule has 0 saturated heterocycles. The van der Waals surface area contributed by atoms with Crippen LogP contribution in [0.25, 0.3) is 0 Å². The zero-order chi connectivity index (χ0) is 58.5. The summed E-state index contributed by atoms with van der Waals surface area (Å²) >= 11 is 0. The maximum atomic E-state index is 12.6. The Morgan fingerprint density at radius 1 is 0.346 bits per heavy atom. The Labute approximate surface area is 506 Å². The van der Waals surface area contributed by atoms with Crippen LogP contribution < -0.4 is 5.32 Å². The number of aliphatic hydroxyl groups excluding tert-OH is 2. The van der Waals surface area contributed by atoms with E-state index in [1.165, 1.54) is 321 Å². The molecule has 2 unspecified atom stereocenters. The van der Waals surface area contributed by atoms with Gasteiger partial charge >= 0.3 is 5.97 Å². The van der Waals surface area contributed by atoms with E-state index in [9.17, 15) is 19.8 Å². The Morgan fingerprint density at radius 3 is 0.975 bits per heavy atom. The summed E-state index contributed by atoms with van der Waals surface area (Å²) in [6.07, 6.45) is 90.5. The molecule has 0 aliphatic heterocycles. The number of aliphatic hydroxyl groups is 2. The quantitative estimate of drug-likeness (QED) is 0.0320. The minimum Gasteiger partial charge on any atom is -0.466 e. The maximum absolute atomic E-state index is 12.6. The van der Waals surface area contributed by atoms with E-state index in [1.54, 1.807) is 0 Å². The summed E-state index contributed by atoms with van der Waals surface area (Å²) in [6.45, 7) is 4.96. The van der Waals surface area contributed by atoms with Crippen LogP contribution in [0.5, 0.6) is 0 Å². The summed E-state index contributed by atoms with van der Waals surface area (Å²) in [4.78, 5) is 24.7. The molecule has 0 saturated carbocycles. The van der Waals surface area contributed by atoms with E-state index in [0.29, 0.717) is 25.9 Å². The SMILES string of the molecule is CCCCC/C=C\C/C=C\CCCCCCCCCC(=O)OCCCCCCCCCCCCCC/C=C\CCCCCCCCCC(=O)NC(CO)C(O)CCCCCCCCCCCCCCCCCCCCCCCCCC. The number of carbonyl (C=O) groups is 2. The summed E-state index contributed by atoms with van der Waals surface area (Å²) in [5, 5.41) is 23.4. The highest BCUT2D eigenvalue weighted by molar-refractivity contribution is 5.76. The van der Waals surface area contributed by atoms with E-state index in [1.807, 2.05) is 0 Å². The zero-order valence-corrected chi connectivity index (χ0v) is 54.8. The minimum absolute atomic E-state index is 0.00455. The lowest BCUT2D eigenvalue weighted by Gasteiger charge is -2.22. The Balaban J connectivity index is 3.41. The fourth-order valence-corrected chi connectivity index (χ4v) is 11.6. The van der Waals surface area contributed by atoms with Crippen molar-refractivity contribution in [1.82, 2.24) is 5.32 Å². The number of esters is 1. The largest absolute Gasteiger partial charge is 0.466 e. The van der Waals surface area contributed by atoms with Crippen molar-refractivity contribution < 1.29 is 24.5 Å². The highest BCUT2D eigenvalue weighted by Crippen LogP contribution is 2.19. The van der Waals surface area contributed by atoms with Crippen LogP contribution in [0.3, 0.4) is 0 Å². The molecule has 2 atom stereocenters. The third-order valence-electron chi connectivity index (χ3n) is 17.2. The first-order chi connectivity index (χ1) is 40.0. The van der Waals surface area contributed by atoms with E-state index in [4.69, 9.17) is 4.74 Å². The third kappa shape index (κ3) is 67.1. The number of carbonyl (C=O) groups excluding carboxylic acids is 2. The summed E-state index contributed by atoms with van der Waals surface area (Å²) in [5.74, 6) is -0.0324. The number of nitrogens with one attached hydrogen (secondary N) is 1. The van der Waals surface area contributed by atoms with Crippen molar-refractivity contribution in [2.24, 2.45) is 0 Å². The van der Waals surface area contributed by atoms with Gasteiger partial charge in [-0.2, -0.15) is 0 Å². The van der Waals surface area contributed by atoms with Gasteiger partial charge in [0.25, 0.3) is 0 Å². The second kappa shape index (κ2) is 70.6. The van der Waals surface area contributed by atoms with Gasteiger partial charge in [0, 0.05) is 12.8 Å². The van der Waals surface area contributed by atoms with Crippen LogP contribution >= 0.6 is 0 Å². The first-order valence-electron chi connectivity index (χ1n) is 36.7. The van der Waals surface area contributed by atoms with Crippen molar-refractivity contribution in [2.45, 2.75) is 418 Å². The fourth-order valence-electron chi connectivity index (χ4n) is 11.6. The van der Waals surface area contributed by atoms with E-state index >= 15 is 0 Å². The second-order valence-corrected chi connectivity index (χ2v) is 25.3. The summed E-state index contributed by atoms with van der Waals surface area (Å²) in [7, 11) is 0. The molecule has 6 heteroatoms. The molecule has 0 aliphatic carbocycles. The van der Waals surface area contributed by atoms with Gasteiger partial charge in [0.2, 0.25) is 5.91 Å². The lowest BCUT2D eigenvalue weighted by molar-refractivity contribution is -0.143. The molecule has 81 heavy (non-hydrogen) atoms. The molecule has 0 rings (SSSR count). The van der Waals surface area contributed by atoms with Gasteiger partial charge in [-0.1, -0.05) is 346 Å². The monoisotopic (exact) mass is 1140 g/mol. The Kier molecular flexibility index (Phi) is 68.9. The smallest absolute Gasteiger partial charge is 0.305 e. The lowest BCUT2D eigenvalue weighted by Crippen LogP contribution is -2.45. The number of rotatable bonds is 69. The van der Waals surface area contributed by atoms with Crippen molar-refractivity contribution in [2.75, 3.05) is 13.2 Å². The molecule has 0 heterocycles. The molecule has 0 aliphatic rings. The van der Waals surface area contributed by atoms with E-state index in [0.717, 1.165) is 51.4 Å². The number of hydrogen-bond acceptors (Lipinski definition) is 5. The van der Waals surface area contributed by atoms with Gasteiger partial charge in [-0.25, -0.2) is 0 Å². The first kappa shape index (κ1) is 79.1. The Hall–Kier alpha value is -1.92. The number of amides is 1. The highest BCUT2D eigenvalue weighted by Gasteiger charge is 2.20. The normalized spacial score (nSPS) is 12.7. The number of ether oxygens (including phenoxy) is 1. The van der Waals surface area contributed by atoms with Crippen LogP contribution in [0.2, 0.25) is 0 Å². The van der Waals surface area contributed by atoms with Gasteiger partial charge in [-0.3, -0.25) is 9.59 Å². The van der Waals surface area contributed by atoms with Crippen LogP contribution in [0.15, 0.2) is 36.5 Å². The maximum Gasteiger partial charge on any atom is 0.305 e. The van der Waals surface area contributed by atoms with Crippen LogP contribution in [0.1, 0.15) is 406 Å². The van der Waals surface area contributed by atoms with Crippen molar-refractivity contribution in [3.63, 3.8) is 0 Å². The zero-order valence-electron chi connectivity index (χ0n) is 54.8. The molecule has 0 fully saturated rings. The highest BCUT2D eigenvalue weighted by atomic mass is 16.5. The lowest BCUT2D eigenvalue weighted by atomic mass is 10.0. The van der Waals surface area contributed by atoms with Gasteiger partial charge in [-0.15, -0.1) is 0 Å². The molecule has 0 aromatic rings. The van der Waals surface area contributed by atoms with E-state index in [-0.39, 0.29) is 18.5 Å². The van der Waals surface area contributed by atoms with Gasteiger partial charge in [0.15, 0.2) is 0 Å². The van der Waals surface area contributed by atoms with Crippen molar-refractivity contribution in [1.29, 1.82) is 0 Å². The summed E-state index contributed by atoms with van der Waals surface area (Å²) in [5.41, 5.74) is 0. The topological polar surface area (TPSA) is 95.9 Å². The average molecular weight is 1140 g/mol. The molecule has 478 valence electrons. The summed E-state index contributed by atoms with van der Waals surface area (Å²) < 4.78 is 5.50. The van der Waals surface area contributed by atoms with Crippen molar-refractivity contribution in [3.05, 3.63) is 36.5 Å². The molecule has 1 amide bonds. The van der Waals surface area contributed by atoms with E-state index < -0.39 is 12.1 Å². The standard InChI is InChI=1S/C75H143NO5/c1-3-5-7-9-11-13-15-17-19-21-22-23-24-26-29-32-36-39-43-47-51-55-59-63-67-73(78)72(71-77)76-74(79)68-64-60-56-52-48-44-40-37-33-30-27-25-28-31-34-38-42-46-50-54-58-62-66-70-81-75(80)69-65-61-57-53-49-45-41-35-20-18-16-14-12-10-8-6-4-2/h12,14,18,20,30,33,72-73,77-78H,3-11,13,15-17,19,21-29,31-32,34-71H2,1-2H3,(H,76,79)/b14-12-,20-18-,33-30-. The fraction of sp³-hybridized carbons (Fsp3) is 0.893. The summed E-state index contributed by atoms with van der Waals surface area (Å²) in [6, 6.07) is -0.548. The molecule has 3 N–H and O–H groups in total. The molecular weight excluding hydrogens is 995 g/mol. The predicted octanol–water partition coefficient (Wildman–Crippen LogP) is 23.9.